The van der Waals surface area contributed by atoms with E-state index in [1.165, 1.54) is 48.4 Å². The van der Waals surface area contributed by atoms with Crippen molar-refractivity contribution in [2.75, 3.05) is 39.6 Å². The van der Waals surface area contributed by atoms with Crippen molar-refractivity contribution in [3.8, 4) is 0 Å². The van der Waals surface area contributed by atoms with Crippen molar-refractivity contribution in [3.63, 3.8) is 0 Å². The van der Waals surface area contributed by atoms with Crippen LogP contribution in [0.4, 0.5) is 0 Å². The molecule has 6 heteroatoms. The normalized spacial score (nSPS) is 13.2. The molecule has 0 radical (unpaired) electrons. The van der Waals surface area contributed by atoms with E-state index in [1.54, 1.807) is 0 Å². The SMILES string of the molecule is CC[Si](CC)(CC)CCCOCC(CO)(CO)COCCC[Si](CC)(CC)CC. The van der Waals surface area contributed by atoms with Gasteiger partial charge in [0.15, 0.2) is 0 Å². The van der Waals surface area contributed by atoms with E-state index in [9.17, 15) is 10.2 Å². The monoisotopic (exact) mass is 448 g/mol. The average Bonchev–Trinajstić information content (AvgIpc) is 2.78. The minimum absolute atomic E-state index is 0.0986. The van der Waals surface area contributed by atoms with E-state index in [1.807, 2.05) is 0 Å². The molecule has 0 bridgehead atoms. The van der Waals surface area contributed by atoms with Crippen LogP contribution in [0.15, 0.2) is 0 Å². The van der Waals surface area contributed by atoms with Gasteiger partial charge in [-0.3, -0.25) is 0 Å². The molecule has 176 valence electrons. The van der Waals surface area contributed by atoms with Crippen molar-refractivity contribution in [2.45, 2.75) is 103 Å². The lowest BCUT2D eigenvalue weighted by molar-refractivity contribution is -0.0767. The van der Waals surface area contributed by atoms with Crippen LogP contribution in [-0.2, 0) is 9.47 Å². The summed E-state index contributed by atoms with van der Waals surface area (Å²) in [5, 5.41) is 19.7. The van der Waals surface area contributed by atoms with Gasteiger partial charge in [0, 0.05) is 13.2 Å². The van der Waals surface area contributed by atoms with Gasteiger partial charge in [-0.2, -0.15) is 0 Å². The number of ether oxygens (including phenoxy) is 2. The number of aliphatic hydroxyl groups is 2. The molecule has 2 N–H and O–H groups in total. The molecule has 0 spiro atoms. The summed E-state index contributed by atoms with van der Waals surface area (Å²) in [6.07, 6.45) is 2.18. The molecule has 0 saturated heterocycles. The van der Waals surface area contributed by atoms with Crippen LogP contribution in [0.5, 0.6) is 0 Å². The topological polar surface area (TPSA) is 58.9 Å². The van der Waals surface area contributed by atoms with Crippen LogP contribution in [0.2, 0.25) is 48.4 Å². The van der Waals surface area contributed by atoms with Crippen LogP contribution in [0.3, 0.4) is 0 Å². The van der Waals surface area contributed by atoms with E-state index >= 15 is 0 Å². The van der Waals surface area contributed by atoms with Crippen molar-refractivity contribution < 1.29 is 19.7 Å². The second-order valence-corrected chi connectivity index (χ2v) is 20.5. The Morgan fingerprint density at radius 1 is 0.586 bits per heavy atom. The maximum absolute atomic E-state index is 9.87. The molecule has 0 aliphatic rings. The summed E-state index contributed by atoms with van der Waals surface area (Å²) in [6.45, 7) is 16.0. The zero-order valence-corrected chi connectivity index (χ0v) is 22.5. The maximum Gasteiger partial charge on any atom is 0.0632 e. The van der Waals surface area contributed by atoms with Crippen molar-refractivity contribution in [1.82, 2.24) is 0 Å². The molecule has 0 rings (SSSR count). The lowest BCUT2D eigenvalue weighted by atomic mass is 9.92. The lowest BCUT2D eigenvalue weighted by Gasteiger charge is -2.31. The molecule has 0 atom stereocenters. The predicted octanol–water partition coefficient (Wildman–Crippen LogP) is 5.79. The fraction of sp³-hybridized carbons (Fsp3) is 1.00. The third-order valence-corrected chi connectivity index (χ3v) is 19.8. The van der Waals surface area contributed by atoms with E-state index in [-0.39, 0.29) is 13.2 Å². The first-order chi connectivity index (χ1) is 13.9. The summed E-state index contributed by atoms with van der Waals surface area (Å²) < 4.78 is 11.8. The van der Waals surface area contributed by atoms with Gasteiger partial charge in [-0.05, 0) is 12.8 Å². The van der Waals surface area contributed by atoms with Crippen LogP contribution < -0.4 is 0 Å². The molecule has 0 aromatic rings. The molecule has 0 fully saturated rings. The summed E-state index contributed by atoms with van der Waals surface area (Å²) >= 11 is 0. The smallest absolute Gasteiger partial charge is 0.0632 e. The first-order valence-electron chi connectivity index (χ1n) is 12.3. The minimum atomic E-state index is -1.09. The fourth-order valence-corrected chi connectivity index (χ4v) is 11.4. The standard InChI is InChI=1S/C23H52O4Si2/c1-7-28(8-2,9-3)17-13-15-26-21-23(19-24,20-25)22-27-16-14-18-29(10-4,11-5)12-6/h24-25H,7-22H2,1-6H3. The van der Waals surface area contributed by atoms with E-state index in [0.717, 1.165) is 12.8 Å². The molecular weight excluding hydrogens is 396 g/mol. The van der Waals surface area contributed by atoms with E-state index in [4.69, 9.17) is 9.47 Å². The summed E-state index contributed by atoms with van der Waals surface area (Å²) in [6, 6.07) is 10.7. The molecule has 29 heavy (non-hydrogen) atoms. The number of hydrogen-bond acceptors (Lipinski definition) is 4. The van der Waals surface area contributed by atoms with Gasteiger partial charge < -0.3 is 19.7 Å². The number of hydrogen-bond donors (Lipinski definition) is 2. The zero-order chi connectivity index (χ0) is 22.2. The second-order valence-electron chi connectivity index (χ2n) is 9.25. The van der Waals surface area contributed by atoms with Crippen molar-refractivity contribution >= 4 is 16.1 Å². The molecule has 0 heterocycles. The van der Waals surface area contributed by atoms with Crippen LogP contribution in [0.25, 0.3) is 0 Å². The van der Waals surface area contributed by atoms with Crippen molar-refractivity contribution in [3.05, 3.63) is 0 Å². The molecule has 4 nitrogen and oxygen atoms in total. The van der Waals surface area contributed by atoms with Gasteiger partial charge in [-0.15, -0.1) is 0 Å². The summed E-state index contributed by atoms with van der Waals surface area (Å²) in [7, 11) is -2.17. The Morgan fingerprint density at radius 2 is 0.897 bits per heavy atom. The van der Waals surface area contributed by atoms with Crippen LogP contribution >= 0.6 is 0 Å². The quantitative estimate of drug-likeness (QED) is 0.183. The van der Waals surface area contributed by atoms with Gasteiger partial charge in [0.25, 0.3) is 0 Å². The van der Waals surface area contributed by atoms with Crippen LogP contribution in [-0.4, -0.2) is 66.0 Å². The van der Waals surface area contributed by atoms with Gasteiger partial charge in [-0.1, -0.05) is 89.9 Å². The highest BCUT2D eigenvalue weighted by atomic mass is 28.3. The van der Waals surface area contributed by atoms with Gasteiger partial charge in [-0.25, -0.2) is 0 Å². The van der Waals surface area contributed by atoms with Gasteiger partial charge in [0.2, 0.25) is 0 Å². The Balaban J connectivity index is 4.30. The van der Waals surface area contributed by atoms with Crippen molar-refractivity contribution in [2.24, 2.45) is 5.41 Å². The predicted molar refractivity (Wildman–Crippen MR) is 131 cm³/mol. The maximum atomic E-state index is 9.87. The van der Waals surface area contributed by atoms with Gasteiger partial charge >= 0.3 is 0 Å². The molecular formula is C23H52O4Si2. The molecule has 0 aromatic heterocycles. The Labute approximate surface area is 183 Å². The lowest BCUT2D eigenvalue weighted by Crippen LogP contribution is -2.40. The first-order valence-corrected chi connectivity index (χ1v) is 17.9. The zero-order valence-electron chi connectivity index (χ0n) is 20.5. The number of aliphatic hydroxyl groups excluding tert-OH is 2. The summed E-state index contributed by atoms with van der Waals surface area (Å²) in [5.41, 5.74) is -0.677. The molecule has 0 saturated carbocycles. The van der Waals surface area contributed by atoms with E-state index in [2.05, 4.69) is 41.5 Å². The summed E-state index contributed by atoms with van der Waals surface area (Å²) in [5.74, 6) is 0. The molecule has 0 aliphatic heterocycles. The Hall–Kier alpha value is 0.274. The summed E-state index contributed by atoms with van der Waals surface area (Å²) in [4.78, 5) is 0. The largest absolute Gasteiger partial charge is 0.396 e. The third kappa shape index (κ3) is 9.96. The average molecular weight is 449 g/mol. The molecule has 0 unspecified atom stereocenters. The van der Waals surface area contributed by atoms with Crippen LogP contribution in [0, 0.1) is 5.41 Å². The van der Waals surface area contributed by atoms with Gasteiger partial charge in [0.1, 0.15) is 0 Å². The van der Waals surface area contributed by atoms with Crippen LogP contribution in [0.1, 0.15) is 54.4 Å². The van der Waals surface area contributed by atoms with Crippen molar-refractivity contribution in [1.29, 1.82) is 0 Å². The minimum Gasteiger partial charge on any atom is -0.396 e. The van der Waals surface area contributed by atoms with E-state index in [0.29, 0.717) is 26.4 Å². The fourth-order valence-electron chi connectivity index (χ4n) is 4.51. The molecule has 0 amide bonds. The molecule has 0 aromatic carbocycles. The van der Waals surface area contributed by atoms with E-state index < -0.39 is 21.6 Å². The molecule has 0 aliphatic carbocycles. The third-order valence-electron chi connectivity index (χ3n) is 7.98. The van der Waals surface area contributed by atoms with Gasteiger partial charge in [0.05, 0.1) is 48.0 Å². The highest BCUT2D eigenvalue weighted by Gasteiger charge is 2.31. The first kappa shape index (κ1) is 29.3. The second kappa shape index (κ2) is 16.0. The highest BCUT2D eigenvalue weighted by Crippen LogP contribution is 2.28. The highest BCUT2D eigenvalue weighted by molar-refractivity contribution is 6.80. The number of rotatable bonds is 20. The Bertz CT molecular complexity index is 333. The Kier molecular flexibility index (Phi) is 16.1. The Morgan fingerprint density at radius 3 is 1.14 bits per heavy atom.